The number of ether oxygens (including phenoxy) is 3. The first-order chi connectivity index (χ1) is 17.8. The highest BCUT2D eigenvalue weighted by Gasteiger charge is 2.62. The molecular formula is C26H30ClN3O7. The quantitative estimate of drug-likeness (QED) is 0.571. The number of aliphatic carboxylic acids is 1. The molecule has 198 valence electrons. The van der Waals surface area contributed by atoms with E-state index in [2.05, 4.69) is 10.3 Å². The maximum absolute atomic E-state index is 13.4. The Kier molecular flexibility index (Phi) is 7.02. The minimum Gasteiger partial charge on any atom is -0.497 e. The van der Waals surface area contributed by atoms with Crippen molar-refractivity contribution in [3.63, 3.8) is 0 Å². The zero-order valence-corrected chi connectivity index (χ0v) is 21.3. The van der Waals surface area contributed by atoms with Gasteiger partial charge in [-0.2, -0.15) is 0 Å². The number of nitrogens with one attached hydrogen (secondary N) is 1. The fourth-order valence-corrected chi connectivity index (χ4v) is 5.61. The van der Waals surface area contributed by atoms with Gasteiger partial charge < -0.3 is 24.6 Å². The van der Waals surface area contributed by atoms with Gasteiger partial charge in [0.25, 0.3) is 0 Å². The lowest BCUT2D eigenvalue weighted by Crippen LogP contribution is -2.53. The highest BCUT2D eigenvalue weighted by molar-refractivity contribution is 6.30. The Labute approximate surface area is 219 Å². The number of carboxylic acids is 1. The van der Waals surface area contributed by atoms with Crippen molar-refractivity contribution in [2.45, 2.75) is 62.6 Å². The normalized spacial score (nSPS) is 28.4. The number of aromatic nitrogens is 1. The van der Waals surface area contributed by atoms with Gasteiger partial charge in [-0.05, 0) is 54.8 Å². The third-order valence-corrected chi connectivity index (χ3v) is 7.75. The summed E-state index contributed by atoms with van der Waals surface area (Å²) in [7, 11) is 1.57. The molecule has 4 atom stereocenters. The van der Waals surface area contributed by atoms with Gasteiger partial charge in [0.15, 0.2) is 0 Å². The first-order valence-corrected chi connectivity index (χ1v) is 13.0. The van der Waals surface area contributed by atoms with E-state index in [0.717, 1.165) is 31.1 Å². The maximum atomic E-state index is 13.4. The average Bonchev–Trinajstić information content (AvgIpc) is 3.40. The summed E-state index contributed by atoms with van der Waals surface area (Å²) in [6, 6.07) is 6.18. The van der Waals surface area contributed by atoms with Crippen LogP contribution in [-0.4, -0.2) is 70.9 Å². The number of nitrogens with zero attached hydrogens (tertiary/aromatic N) is 2. The SMILES string of the molecule is COc1ccc2c(O[C@@H]3C[C@H]4C(=O)N[C@]5(C(=O)O)C[C@H]5CCCCCCOC(=O)N4C3)nc(Cl)cc2c1. The van der Waals surface area contributed by atoms with Crippen LogP contribution in [0.25, 0.3) is 10.8 Å². The minimum atomic E-state index is -1.28. The van der Waals surface area contributed by atoms with Crippen LogP contribution in [0.15, 0.2) is 24.3 Å². The van der Waals surface area contributed by atoms with Gasteiger partial charge in [0.2, 0.25) is 11.8 Å². The summed E-state index contributed by atoms with van der Waals surface area (Å²) >= 11 is 6.24. The second-order valence-electron chi connectivity index (χ2n) is 9.96. The predicted octanol–water partition coefficient (Wildman–Crippen LogP) is 3.78. The van der Waals surface area contributed by atoms with E-state index in [0.29, 0.717) is 24.0 Å². The van der Waals surface area contributed by atoms with E-state index in [1.54, 1.807) is 19.2 Å². The Hall–Kier alpha value is -3.27. The van der Waals surface area contributed by atoms with E-state index in [1.165, 1.54) is 4.90 Å². The van der Waals surface area contributed by atoms with Gasteiger partial charge in [0, 0.05) is 11.8 Å². The number of methoxy groups -OCH3 is 1. The Morgan fingerprint density at radius 3 is 2.84 bits per heavy atom. The molecule has 5 rings (SSSR count). The zero-order valence-electron chi connectivity index (χ0n) is 20.6. The average molecular weight is 532 g/mol. The van der Waals surface area contributed by atoms with Crippen molar-refractivity contribution in [1.82, 2.24) is 15.2 Å². The largest absolute Gasteiger partial charge is 0.497 e. The van der Waals surface area contributed by atoms with E-state index >= 15 is 0 Å². The van der Waals surface area contributed by atoms with Crippen molar-refractivity contribution in [3.8, 4) is 11.6 Å². The molecule has 2 N–H and O–H groups in total. The molecule has 3 heterocycles. The van der Waals surface area contributed by atoms with Gasteiger partial charge in [-0.1, -0.05) is 30.9 Å². The number of hydrogen-bond donors (Lipinski definition) is 2. The number of carbonyl (C=O) groups excluding carboxylic acids is 2. The molecule has 1 saturated carbocycles. The van der Waals surface area contributed by atoms with Crippen LogP contribution >= 0.6 is 11.6 Å². The topological polar surface area (TPSA) is 127 Å². The summed E-state index contributed by atoms with van der Waals surface area (Å²) in [5.74, 6) is -0.729. The number of fused-ring (bicyclic) bond motifs is 3. The summed E-state index contributed by atoms with van der Waals surface area (Å²) in [5, 5.41) is 14.4. The molecule has 1 aromatic heterocycles. The van der Waals surface area contributed by atoms with Crippen molar-refractivity contribution in [2.24, 2.45) is 5.92 Å². The fraction of sp³-hybridized carbons (Fsp3) is 0.538. The van der Waals surface area contributed by atoms with Gasteiger partial charge in [-0.3, -0.25) is 9.69 Å². The fourth-order valence-electron chi connectivity index (χ4n) is 5.42. The van der Waals surface area contributed by atoms with Crippen molar-refractivity contribution < 1.29 is 33.7 Å². The van der Waals surface area contributed by atoms with Crippen molar-refractivity contribution >= 4 is 40.3 Å². The van der Waals surface area contributed by atoms with E-state index in [4.69, 9.17) is 25.8 Å². The zero-order chi connectivity index (χ0) is 26.2. The first kappa shape index (κ1) is 25.4. The smallest absolute Gasteiger partial charge is 0.410 e. The van der Waals surface area contributed by atoms with Crippen LogP contribution in [-0.2, 0) is 14.3 Å². The molecule has 2 aromatic rings. The summed E-state index contributed by atoms with van der Waals surface area (Å²) in [6.45, 7) is 0.353. The van der Waals surface area contributed by atoms with E-state index in [9.17, 15) is 19.5 Å². The maximum Gasteiger partial charge on any atom is 0.410 e. The lowest BCUT2D eigenvalue weighted by atomic mass is 10.1. The Bertz CT molecular complexity index is 1220. The molecule has 2 aliphatic heterocycles. The highest BCUT2D eigenvalue weighted by Crippen LogP contribution is 2.47. The van der Waals surface area contributed by atoms with Gasteiger partial charge in [-0.25, -0.2) is 14.6 Å². The molecule has 0 spiro atoms. The van der Waals surface area contributed by atoms with E-state index < -0.39 is 35.7 Å². The van der Waals surface area contributed by atoms with Crippen LogP contribution in [0.4, 0.5) is 4.79 Å². The molecular weight excluding hydrogens is 502 g/mol. The molecule has 2 amide bonds. The molecule has 11 heteroatoms. The van der Waals surface area contributed by atoms with Gasteiger partial charge >= 0.3 is 12.1 Å². The number of carboxylic acid groups (broad SMARTS) is 1. The standard InChI is InChI=1S/C26H30ClN3O7/c1-35-17-7-8-19-15(10-17)11-21(27)28-23(19)37-18-12-20-22(31)29-26(24(32)33)13-16(26)6-4-2-3-5-9-36-25(34)30(20)14-18/h7-8,10-11,16,18,20H,2-6,9,12-14H2,1H3,(H,29,31)(H,32,33)/t16-,18-,20+,26-/m1/s1. The summed E-state index contributed by atoms with van der Waals surface area (Å²) < 4.78 is 16.9. The molecule has 0 unspecified atom stereocenters. The lowest BCUT2D eigenvalue weighted by molar-refractivity contribution is -0.144. The molecule has 0 radical (unpaired) electrons. The van der Waals surface area contributed by atoms with Gasteiger partial charge in [0.1, 0.15) is 28.6 Å². The van der Waals surface area contributed by atoms with Crippen molar-refractivity contribution in [2.75, 3.05) is 20.3 Å². The molecule has 10 nitrogen and oxygen atoms in total. The van der Waals surface area contributed by atoms with Gasteiger partial charge in [-0.15, -0.1) is 0 Å². The van der Waals surface area contributed by atoms with Crippen LogP contribution in [0, 0.1) is 5.92 Å². The van der Waals surface area contributed by atoms with Crippen molar-refractivity contribution in [1.29, 1.82) is 0 Å². The first-order valence-electron chi connectivity index (χ1n) is 12.6. The third kappa shape index (κ3) is 5.12. The number of hydrogen-bond acceptors (Lipinski definition) is 7. The molecule has 2 saturated heterocycles. The van der Waals surface area contributed by atoms with Gasteiger partial charge in [0.05, 0.1) is 20.3 Å². The van der Waals surface area contributed by atoms with Crippen LogP contribution in [0.1, 0.15) is 44.9 Å². The number of amides is 2. The van der Waals surface area contributed by atoms with E-state index in [1.807, 2.05) is 12.1 Å². The van der Waals surface area contributed by atoms with E-state index in [-0.39, 0.29) is 36.5 Å². The van der Waals surface area contributed by atoms with Crippen molar-refractivity contribution in [3.05, 3.63) is 29.4 Å². The Balaban J connectivity index is 1.39. The number of rotatable bonds is 4. The summed E-state index contributed by atoms with van der Waals surface area (Å²) in [4.78, 5) is 44.1. The molecule has 1 aromatic carbocycles. The Morgan fingerprint density at radius 2 is 2.05 bits per heavy atom. The summed E-state index contributed by atoms with van der Waals surface area (Å²) in [5.41, 5.74) is -1.28. The molecule has 3 fully saturated rings. The molecule has 1 aliphatic carbocycles. The number of cyclic esters (lactones) is 1. The van der Waals surface area contributed by atoms with Crippen LogP contribution in [0.2, 0.25) is 5.15 Å². The van der Waals surface area contributed by atoms with Crippen LogP contribution < -0.4 is 14.8 Å². The summed E-state index contributed by atoms with van der Waals surface area (Å²) in [6.07, 6.45) is 3.51. The predicted molar refractivity (Wildman–Crippen MR) is 134 cm³/mol. The highest BCUT2D eigenvalue weighted by atomic mass is 35.5. The monoisotopic (exact) mass is 531 g/mol. The van der Waals surface area contributed by atoms with Crippen LogP contribution in [0.3, 0.4) is 0 Å². The molecule has 37 heavy (non-hydrogen) atoms. The number of halogens is 1. The lowest BCUT2D eigenvalue weighted by Gasteiger charge is -2.25. The number of pyridine rings is 1. The number of benzene rings is 1. The van der Waals surface area contributed by atoms with Crippen LogP contribution in [0.5, 0.6) is 11.6 Å². The second-order valence-corrected chi connectivity index (χ2v) is 10.4. The third-order valence-electron chi connectivity index (χ3n) is 7.56. The second kappa shape index (κ2) is 10.2. The molecule has 3 aliphatic rings. The minimum absolute atomic E-state index is 0.0895. The number of carbonyl (C=O) groups is 3. The Morgan fingerprint density at radius 1 is 1.24 bits per heavy atom. The molecule has 0 bridgehead atoms.